The van der Waals surface area contributed by atoms with E-state index in [1.807, 2.05) is 31.3 Å². The highest BCUT2D eigenvalue weighted by Gasteiger charge is 2.35. The topological polar surface area (TPSA) is 69.1 Å². The molecule has 2 heterocycles. The van der Waals surface area contributed by atoms with Crippen LogP contribution in [-0.2, 0) is 17.6 Å². The molecule has 0 bridgehead atoms. The van der Waals surface area contributed by atoms with Gasteiger partial charge in [-0.2, -0.15) is 0 Å². The zero-order valence-corrected chi connectivity index (χ0v) is 19.6. The van der Waals surface area contributed by atoms with E-state index in [2.05, 4.69) is 46.9 Å². The number of fused-ring (bicyclic) bond motifs is 1. The van der Waals surface area contributed by atoms with Gasteiger partial charge in [0.25, 0.3) is 0 Å². The molecule has 0 aliphatic carbocycles. The second-order valence-corrected chi connectivity index (χ2v) is 9.22. The van der Waals surface area contributed by atoms with Crippen LogP contribution in [0.3, 0.4) is 0 Å². The van der Waals surface area contributed by atoms with E-state index in [0.29, 0.717) is 6.42 Å². The van der Waals surface area contributed by atoms with Gasteiger partial charge in [0.05, 0.1) is 24.5 Å². The van der Waals surface area contributed by atoms with Crippen molar-refractivity contribution < 1.29 is 9.21 Å². The number of amides is 1. The molecule has 0 radical (unpaired) electrons. The van der Waals surface area contributed by atoms with E-state index in [-0.39, 0.29) is 16.6 Å². The number of benzene rings is 1. The Morgan fingerprint density at radius 1 is 1.23 bits per heavy atom. The van der Waals surface area contributed by atoms with Crippen LogP contribution in [0.15, 0.2) is 51.7 Å². The zero-order chi connectivity index (χ0) is 21.7. The molecule has 1 amide bonds. The second-order valence-electron chi connectivity index (χ2n) is 8.37. The van der Waals surface area contributed by atoms with Crippen molar-refractivity contribution in [3.8, 4) is 0 Å². The number of quaternary nitrogens is 1. The molecule has 30 heavy (non-hydrogen) atoms. The molecule has 0 spiro atoms. The second kappa shape index (κ2) is 9.86. The summed E-state index contributed by atoms with van der Waals surface area (Å²) in [4.78, 5) is 16.9. The maximum Gasteiger partial charge on any atom is 0.306 e. The molecule has 1 aromatic carbocycles. The number of pyridine rings is 1. The highest BCUT2D eigenvalue weighted by molar-refractivity contribution is 9.10. The smallest absolute Gasteiger partial charge is 0.306 e. The number of hydrogen-bond donors (Lipinski definition) is 1. The highest BCUT2D eigenvalue weighted by atomic mass is 79.9. The molecule has 0 saturated heterocycles. The number of aryl methyl sites for hydroxylation is 1. The van der Waals surface area contributed by atoms with Crippen LogP contribution >= 0.6 is 15.9 Å². The molecule has 0 aliphatic heterocycles. The lowest BCUT2D eigenvalue weighted by molar-refractivity contribution is -0.119. The van der Waals surface area contributed by atoms with Crippen molar-refractivity contribution in [3.63, 3.8) is 0 Å². The first-order chi connectivity index (χ1) is 14.4. The number of furan rings is 1. The van der Waals surface area contributed by atoms with Crippen molar-refractivity contribution in [2.24, 2.45) is 5.73 Å². The SMILES string of the molecule is CC(N)Cc1cc([N+](C=O)(CCCCc2ncccc2Br)C(C)C)cc2ccoc12. The summed E-state index contributed by atoms with van der Waals surface area (Å²) in [5.74, 6) is 0. The van der Waals surface area contributed by atoms with Crippen molar-refractivity contribution >= 4 is 39.0 Å². The summed E-state index contributed by atoms with van der Waals surface area (Å²) < 4.78 is 7.03. The number of unbranched alkanes of at least 4 members (excludes halogenated alkanes) is 1. The van der Waals surface area contributed by atoms with E-state index in [9.17, 15) is 4.79 Å². The van der Waals surface area contributed by atoms with E-state index in [4.69, 9.17) is 10.2 Å². The summed E-state index contributed by atoms with van der Waals surface area (Å²) in [6.45, 7) is 6.94. The predicted octanol–water partition coefficient (Wildman–Crippen LogP) is 5.38. The van der Waals surface area contributed by atoms with Gasteiger partial charge < -0.3 is 10.2 Å². The van der Waals surface area contributed by atoms with Gasteiger partial charge in [-0.1, -0.05) is 0 Å². The monoisotopic (exact) mass is 472 g/mol. The van der Waals surface area contributed by atoms with Crippen LogP contribution in [0.5, 0.6) is 0 Å². The van der Waals surface area contributed by atoms with E-state index >= 15 is 0 Å². The van der Waals surface area contributed by atoms with E-state index < -0.39 is 0 Å². The van der Waals surface area contributed by atoms with Gasteiger partial charge in [0.2, 0.25) is 0 Å². The minimum absolute atomic E-state index is 0.0163. The fraction of sp³-hybridized carbons (Fsp3) is 0.417. The quantitative estimate of drug-likeness (QED) is 0.244. The number of halogens is 1. The van der Waals surface area contributed by atoms with Crippen molar-refractivity contribution in [2.45, 2.75) is 58.5 Å². The molecule has 3 rings (SSSR count). The lowest BCUT2D eigenvalue weighted by atomic mass is 10.0. The first-order valence-corrected chi connectivity index (χ1v) is 11.4. The maximum atomic E-state index is 12.5. The normalized spacial score (nSPS) is 14.7. The molecule has 5 nitrogen and oxygen atoms in total. The van der Waals surface area contributed by atoms with E-state index in [0.717, 1.165) is 64.6 Å². The van der Waals surface area contributed by atoms with Crippen LogP contribution in [0.1, 0.15) is 44.9 Å². The van der Waals surface area contributed by atoms with Crippen molar-refractivity contribution in [1.29, 1.82) is 0 Å². The van der Waals surface area contributed by atoms with Gasteiger partial charge in [-0.25, -0.2) is 9.28 Å². The molecule has 0 saturated carbocycles. The summed E-state index contributed by atoms with van der Waals surface area (Å²) in [6.07, 6.45) is 8.10. The average Bonchev–Trinajstić information content (AvgIpc) is 3.18. The van der Waals surface area contributed by atoms with Gasteiger partial charge >= 0.3 is 6.41 Å². The Balaban J connectivity index is 1.86. The first kappa shape index (κ1) is 22.7. The third kappa shape index (κ3) is 4.82. The lowest BCUT2D eigenvalue weighted by Crippen LogP contribution is -2.54. The van der Waals surface area contributed by atoms with Crippen molar-refractivity contribution in [2.75, 3.05) is 6.54 Å². The fourth-order valence-electron chi connectivity index (χ4n) is 4.07. The molecule has 0 aliphatic rings. The average molecular weight is 473 g/mol. The molecule has 2 aromatic heterocycles. The molecule has 0 fully saturated rings. The van der Waals surface area contributed by atoms with Crippen LogP contribution in [0.4, 0.5) is 5.69 Å². The summed E-state index contributed by atoms with van der Waals surface area (Å²) in [5.41, 5.74) is 10.1. The number of nitrogens with two attached hydrogens (primary N) is 1. The molecule has 3 aromatic rings. The van der Waals surface area contributed by atoms with Gasteiger partial charge in [0.1, 0.15) is 11.3 Å². The molecule has 160 valence electrons. The molecule has 2 unspecified atom stereocenters. The Labute approximate surface area is 187 Å². The number of nitrogens with zero attached hydrogens (tertiary/aromatic N) is 2. The van der Waals surface area contributed by atoms with Crippen molar-refractivity contribution in [3.05, 3.63) is 58.5 Å². The Hall–Kier alpha value is -2.02. The minimum atomic E-state index is 0.0163. The summed E-state index contributed by atoms with van der Waals surface area (Å²) in [6, 6.07) is 10.2. The summed E-state index contributed by atoms with van der Waals surface area (Å²) >= 11 is 3.57. The number of aromatic nitrogens is 1. The molecule has 2 N–H and O–H groups in total. The predicted molar refractivity (Wildman–Crippen MR) is 126 cm³/mol. The summed E-state index contributed by atoms with van der Waals surface area (Å²) in [5, 5.41) is 1.02. The van der Waals surface area contributed by atoms with Crippen LogP contribution in [-0.4, -0.2) is 30.0 Å². The fourth-order valence-corrected chi connectivity index (χ4v) is 4.52. The Kier molecular flexibility index (Phi) is 7.45. The Bertz CT molecular complexity index is 999. The number of hydrogen-bond acceptors (Lipinski definition) is 4. The Morgan fingerprint density at radius 2 is 2.03 bits per heavy atom. The zero-order valence-electron chi connectivity index (χ0n) is 18.0. The van der Waals surface area contributed by atoms with E-state index in [1.54, 1.807) is 6.26 Å². The number of carbonyl (C=O) groups excluding carboxylic acids is 1. The minimum Gasteiger partial charge on any atom is -0.464 e. The van der Waals surface area contributed by atoms with Gasteiger partial charge in [-0.15, -0.1) is 0 Å². The first-order valence-electron chi connectivity index (χ1n) is 10.6. The highest BCUT2D eigenvalue weighted by Crippen LogP contribution is 2.33. The molecular formula is C24H31BrN3O2+. The van der Waals surface area contributed by atoms with Gasteiger partial charge in [-0.05, 0) is 80.6 Å². The van der Waals surface area contributed by atoms with E-state index in [1.165, 1.54) is 0 Å². The molecule has 2 atom stereocenters. The molecule has 6 heteroatoms. The number of rotatable bonds is 10. The summed E-state index contributed by atoms with van der Waals surface area (Å²) in [7, 11) is 0. The van der Waals surface area contributed by atoms with Crippen LogP contribution < -0.4 is 10.2 Å². The van der Waals surface area contributed by atoms with Crippen LogP contribution in [0, 0.1) is 0 Å². The lowest BCUT2D eigenvalue weighted by Gasteiger charge is -2.36. The Morgan fingerprint density at radius 3 is 2.70 bits per heavy atom. The molecular weight excluding hydrogens is 442 g/mol. The van der Waals surface area contributed by atoms with Crippen LogP contribution in [0.25, 0.3) is 11.0 Å². The van der Waals surface area contributed by atoms with Gasteiger partial charge in [0, 0.05) is 39.8 Å². The third-order valence-corrected chi connectivity index (χ3v) is 6.49. The van der Waals surface area contributed by atoms with Gasteiger partial charge in [0.15, 0.2) is 0 Å². The van der Waals surface area contributed by atoms with Crippen LogP contribution in [0.2, 0.25) is 0 Å². The maximum absolute atomic E-state index is 12.5. The number of carbonyl (C=O) groups is 1. The third-order valence-electron chi connectivity index (χ3n) is 5.77. The standard InChI is InChI=1S/C24H31BrN3O2/c1-17(2)28(16-29,11-5-4-8-23-22(25)7-6-10-27-23)21-14-19-9-12-30-24(19)20(15-21)13-18(3)26/h6-7,9-10,12,14-18H,4-5,8,11,13,26H2,1-3H3/q+1. The van der Waals surface area contributed by atoms with Gasteiger partial charge in [-0.3, -0.25) is 4.98 Å². The largest absolute Gasteiger partial charge is 0.464 e. The van der Waals surface area contributed by atoms with Crippen molar-refractivity contribution in [1.82, 2.24) is 9.47 Å².